The van der Waals surface area contributed by atoms with E-state index in [1.165, 1.54) is 11.8 Å². The van der Waals surface area contributed by atoms with E-state index in [9.17, 15) is 4.79 Å². The molecule has 0 aliphatic carbocycles. The predicted molar refractivity (Wildman–Crippen MR) is 119 cm³/mol. The second-order valence-corrected chi connectivity index (χ2v) is 8.29. The first kappa shape index (κ1) is 19.9. The molecular weight excluding hydrogens is 380 g/mol. The van der Waals surface area contributed by atoms with Crippen LogP contribution in [0.4, 0.5) is 0 Å². The van der Waals surface area contributed by atoms with Crippen molar-refractivity contribution in [2.45, 2.75) is 30.8 Å². The highest BCUT2D eigenvalue weighted by Crippen LogP contribution is 2.31. The lowest BCUT2D eigenvalue weighted by atomic mass is 10.1. The average Bonchev–Trinajstić information content (AvgIpc) is 2.78. The molecule has 0 unspecified atom stereocenters. The lowest BCUT2D eigenvalue weighted by molar-refractivity contribution is -0.119. The highest BCUT2D eigenvalue weighted by atomic mass is 32.2. The minimum absolute atomic E-state index is 0.0722. The molecule has 1 amide bonds. The van der Waals surface area contributed by atoms with E-state index in [1.807, 2.05) is 42.5 Å². The van der Waals surface area contributed by atoms with Gasteiger partial charge < -0.3 is 10.2 Å². The number of hydrogen-bond acceptors (Lipinski definition) is 5. The molecule has 1 N–H and O–H groups in total. The van der Waals surface area contributed by atoms with Crippen molar-refractivity contribution in [2.75, 3.05) is 25.4 Å². The summed E-state index contributed by atoms with van der Waals surface area (Å²) in [5.74, 6) is 0.431. The summed E-state index contributed by atoms with van der Waals surface area (Å²) in [5.41, 5.74) is 1.92. The van der Waals surface area contributed by atoms with Crippen LogP contribution in [0.1, 0.15) is 19.8 Å². The van der Waals surface area contributed by atoms with Crippen LogP contribution in [0.2, 0.25) is 0 Å². The molecule has 1 aliphatic heterocycles. The molecule has 4 rings (SSSR count). The van der Waals surface area contributed by atoms with E-state index < -0.39 is 0 Å². The number of aromatic nitrogens is 2. The van der Waals surface area contributed by atoms with Crippen LogP contribution in [0.5, 0.6) is 0 Å². The van der Waals surface area contributed by atoms with Gasteiger partial charge in [-0.2, -0.15) is 0 Å². The second kappa shape index (κ2) is 9.37. The minimum Gasteiger partial charge on any atom is -0.353 e. The van der Waals surface area contributed by atoms with Gasteiger partial charge in [0.1, 0.15) is 10.7 Å². The summed E-state index contributed by atoms with van der Waals surface area (Å²) in [5, 5.41) is 15.0. The first-order valence-electron chi connectivity index (χ1n) is 10.2. The average molecular weight is 407 g/mol. The van der Waals surface area contributed by atoms with Gasteiger partial charge in [-0.05, 0) is 19.4 Å². The van der Waals surface area contributed by atoms with E-state index >= 15 is 0 Å². The molecule has 29 heavy (non-hydrogen) atoms. The van der Waals surface area contributed by atoms with Gasteiger partial charge in [0.15, 0.2) is 0 Å². The van der Waals surface area contributed by atoms with Crippen molar-refractivity contribution in [3.63, 3.8) is 0 Å². The van der Waals surface area contributed by atoms with Gasteiger partial charge in [0.05, 0.1) is 5.75 Å². The zero-order valence-corrected chi connectivity index (χ0v) is 17.5. The molecule has 0 spiro atoms. The molecular formula is C23H26N4OS. The molecule has 3 aromatic rings. The highest BCUT2D eigenvalue weighted by Gasteiger charge is 2.20. The zero-order valence-electron chi connectivity index (χ0n) is 16.7. The van der Waals surface area contributed by atoms with Crippen LogP contribution in [0.3, 0.4) is 0 Å². The van der Waals surface area contributed by atoms with E-state index in [1.54, 1.807) is 0 Å². The van der Waals surface area contributed by atoms with E-state index in [4.69, 9.17) is 0 Å². The van der Waals surface area contributed by atoms with Crippen LogP contribution in [0, 0.1) is 0 Å². The van der Waals surface area contributed by atoms with Gasteiger partial charge in [-0.25, -0.2) is 0 Å². The fourth-order valence-corrected chi connectivity index (χ4v) is 4.58. The maximum Gasteiger partial charge on any atom is 0.230 e. The van der Waals surface area contributed by atoms with Crippen LogP contribution in [0.15, 0.2) is 59.6 Å². The summed E-state index contributed by atoms with van der Waals surface area (Å²) >= 11 is 1.46. The number of nitrogens with zero attached hydrogens (tertiary/aromatic N) is 3. The number of fused-ring (bicyclic) bond motifs is 1. The van der Waals surface area contributed by atoms with Crippen LogP contribution >= 0.6 is 11.8 Å². The topological polar surface area (TPSA) is 58.1 Å². The number of nitrogens with one attached hydrogen (secondary N) is 1. The van der Waals surface area contributed by atoms with Gasteiger partial charge in [0, 0.05) is 35.5 Å². The van der Waals surface area contributed by atoms with Crippen molar-refractivity contribution in [1.82, 2.24) is 20.4 Å². The number of hydrogen-bond donors (Lipinski definition) is 1. The largest absolute Gasteiger partial charge is 0.353 e. The lowest BCUT2D eigenvalue weighted by Crippen LogP contribution is -2.45. The van der Waals surface area contributed by atoms with Gasteiger partial charge >= 0.3 is 0 Å². The Morgan fingerprint density at radius 2 is 1.72 bits per heavy atom. The predicted octanol–water partition coefficient (Wildman–Crippen LogP) is 3.99. The van der Waals surface area contributed by atoms with Gasteiger partial charge in [-0.15, -0.1) is 10.2 Å². The van der Waals surface area contributed by atoms with Crippen molar-refractivity contribution >= 4 is 28.4 Å². The molecule has 0 saturated carbocycles. The number of carbonyl (C=O) groups excluding carboxylic acids is 1. The van der Waals surface area contributed by atoms with E-state index in [0.29, 0.717) is 5.75 Å². The maximum absolute atomic E-state index is 12.5. The summed E-state index contributed by atoms with van der Waals surface area (Å²) in [7, 11) is 0. The van der Waals surface area contributed by atoms with Crippen molar-refractivity contribution < 1.29 is 4.79 Å². The molecule has 0 atom stereocenters. The smallest absolute Gasteiger partial charge is 0.230 e. The summed E-state index contributed by atoms with van der Waals surface area (Å²) in [6.45, 7) is 5.39. The third-order valence-electron chi connectivity index (χ3n) is 5.44. The van der Waals surface area contributed by atoms with Crippen LogP contribution in [-0.2, 0) is 4.79 Å². The first-order valence-corrected chi connectivity index (χ1v) is 11.2. The number of likely N-dealkylation sites (tertiary alicyclic amines) is 1. The maximum atomic E-state index is 12.5. The van der Waals surface area contributed by atoms with Crippen LogP contribution in [0.25, 0.3) is 22.0 Å². The summed E-state index contributed by atoms with van der Waals surface area (Å²) in [6, 6.07) is 18.5. The second-order valence-electron chi connectivity index (χ2n) is 7.33. The monoisotopic (exact) mass is 406 g/mol. The van der Waals surface area contributed by atoms with Crippen LogP contribution < -0.4 is 5.32 Å². The Kier molecular flexibility index (Phi) is 6.42. The molecule has 1 aliphatic rings. The third-order valence-corrected chi connectivity index (χ3v) is 6.42. The van der Waals surface area contributed by atoms with Gasteiger partial charge in [0.2, 0.25) is 5.91 Å². The van der Waals surface area contributed by atoms with Crippen LogP contribution in [-0.4, -0.2) is 52.4 Å². The van der Waals surface area contributed by atoms with E-state index in [0.717, 1.165) is 59.5 Å². The van der Waals surface area contributed by atoms with E-state index in [2.05, 4.69) is 39.5 Å². The summed E-state index contributed by atoms with van der Waals surface area (Å²) < 4.78 is 0. The van der Waals surface area contributed by atoms with Gasteiger partial charge in [-0.3, -0.25) is 4.79 Å². The molecule has 0 bridgehead atoms. The number of benzene rings is 2. The van der Waals surface area contributed by atoms with Gasteiger partial charge in [0.25, 0.3) is 0 Å². The number of amides is 1. The molecule has 1 saturated heterocycles. The van der Waals surface area contributed by atoms with Crippen molar-refractivity contribution in [3.05, 3.63) is 54.6 Å². The third kappa shape index (κ3) is 4.77. The summed E-state index contributed by atoms with van der Waals surface area (Å²) in [6.07, 6.45) is 2.05. The molecule has 0 radical (unpaired) electrons. The van der Waals surface area contributed by atoms with Crippen molar-refractivity contribution in [1.29, 1.82) is 0 Å². The Bertz CT molecular complexity index is 971. The van der Waals surface area contributed by atoms with Crippen molar-refractivity contribution in [2.24, 2.45) is 0 Å². The Morgan fingerprint density at radius 1 is 1.03 bits per heavy atom. The first-order chi connectivity index (χ1) is 14.2. The molecule has 2 aromatic carbocycles. The fourth-order valence-electron chi connectivity index (χ4n) is 3.79. The Hall–Kier alpha value is -2.44. The molecule has 5 nitrogen and oxygen atoms in total. The molecule has 1 aromatic heterocycles. The van der Waals surface area contributed by atoms with E-state index in [-0.39, 0.29) is 11.9 Å². The number of thioether (sulfide) groups is 1. The van der Waals surface area contributed by atoms with Crippen molar-refractivity contribution in [3.8, 4) is 11.3 Å². The molecule has 1 fully saturated rings. The SMILES string of the molecule is CCN1CCC(NC(=O)CSc2nnc(-c3ccccc3)c3ccccc23)CC1. The Labute approximate surface area is 175 Å². The van der Waals surface area contributed by atoms with Gasteiger partial charge in [-0.1, -0.05) is 73.3 Å². The molecule has 2 heterocycles. The minimum atomic E-state index is 0.0722. The Morgan fingerprint density at radius 3 is 2.45 bits per heavy atom. The fraction of sp³-hybridized carbons (Fsp3) is 0.348. The standard InChI is InChI=1S/C23H26N4OS/c1-2-27-14-12-18(13-15-27)24-21(28)16-29-23-20-11-7-6-10-19(20)22(25-26-23)17-8-4-3-5-9-17/h3-11,18H,2,12-16H2,1H3,(H,24,28). The zero-order chi connectivity index (χ0) is 20.1. The lowest BCUT2D eigenvalue weighted by Gasteiger charge is -2.31. The highest BCUT2D eigenvalue weighted by molar-refractivity contribution is 8.00. The quantitative estimate of drug-likeness (QED) is 0.627. The summed E-state index contributed by atoms with van der Waals surface area (Å²) in [4.78, 5) is 14.9. The molecule has 6 heteroatoms. The normalized spacial score (nSPS) is 15.5. The number of carbonyl (C=O) groups is 1. The number of rotatable bonds is 6. The number of piperidine rings is 1. The molecule has 150 valence electrons. The Balaban J connectivity index is 1.44.